The number of hydrogen-bond acceptors (Lipinski definition) is 4. The molecule has 0 saturated carbocycles. The maximum atomic E-state index is 11.1. The third kappa shape index (κ3) is 5.26. The van der Waals surface area contributed by atoms with Gasteiger partial charge in [-0.15, -0.1) is 0 Å². The Morgan fingerprint density at radius 3 is 2.63 bits per heavy atom. The standard InChI is InChI=1S/C11H13Cl2NO4S/c1-14-11(15)3-2-6-18-10-5-4-8(7-9(10)12)19(13,16)17/h4-5,7H,2-3,6H2,1H3,(H,14,15). The molecule has 0 atom stereocenters. The van der Waals surface area contributed by atoms with E-state index in [9.17, 15) is 13.2 Å². The van der Waals surface area contributed by atoms with Crippen molar-refractivity contribution in [2.75, 3.05) is 13.7 Å². The number of nitrogens with one attached hydrogen (secondary N) is 1. The highest BCUT2D eigenvalue weighted by molar-refractivity contribution is 8.13. The molecule has 19 heavy (non-hydrogen) atoms. The minimum Gasteiger partial charge on any atom is -0.492 e. The molecule has 1 rings (SSSR count). The van der Waals surface area contributed by atoms with E-state index in [2.05, 4.69) is 5.32 Å². The summed E-state index contributed by atoms with van der Waals surface area (Å²) < 4.78 is 27.5. The number of ether oxygens (including phenoxy) is 1. The average molecular weight is 326 g/mol. The fourth-order valence-electron chi connectivity index (χ4n) is 1.29. The third-order valence-electron chi connectivity index (χ3n) is 2.27. The van der Waals surface area contributed by atoms with Crippen LogP contribution >= 0.6 is 22.3 Å². The summed E-state index contributed by atoms with van der Waals surface area (Å²) in [7, 11) is 2.95. The van der Waals surface area contributed by atoms with Gasteiger partial charge in [0.15, 0.2) is 0 Å². The fraction of sp³-hybridized carbons (Fsp3) is 0.364. The molecule has 0 unspecified atom stereocenters. The molecule has 106 valence electrons. The first kappa shape index (κ1) is 16.1. The molecule has 0 saturated heterocycles. The zero-order chi connectivity index (χ0) is 14.5. The number of amides is 1. The van der Waals surface area contributed by atoms with Gasteiger partial charge in [-0.05, 0) is 24.6 Å². The van der Waals surface area contributed by atoms with Gasteiger partial charge >= 0.3 is 0 Å². The van der Waals surface area contributed by atoms with Crippen LogP contribution in [-0.2, 0) is 13.8 Å². The number of benzene rings is 1. The number of carbonyl (C=O) groups is 1. The highest BCUT2D eigenvalue weighted by Crippen LogP contribution is 2.28. The van der Waals surface area contributed by atoms with E-state index in [1.165, 1.54) is 18.2 Å². The van der Waals surface area contributed by atoms with Gasteiger partial charge in [0.1, 0.15) is 5.75 Å². The number of halogens is 2. The van der Waals surface area contributed by atoms with Crippen molar-refractivity contribution < 1.29 is 17.9 Å². The summed E-state index contributed by atoms with van der Waals surface area (Å²) in [5.74, 6) is 0.279. The van der Waals surface area contributed by atoms with Gasteiger partial charge in [-0.2, -0.15) is 0 Å². The van der Waals surface area contributed by atoms with Crippen LogP contribution in [0.5, 0.6) is 5.75 Å². The van der Waals surface area contributed by atoms with Crippen LogP contribution in [-0.4, -0.2) is 28.0 Å². The molecule has 0 radical (unpaired) electrons. The Labute approximate surface area is 121 Å². The molecule has 0 aliphatic carbocycles. The number of hydrogen-bond donors (Lipinski definition) is 1. The summed E-state index contributed by atoms with van der Waals surface area (Å²) in [5, 5.41) is 2.65. The van der Waals surface area contributed by atoms with E-state index in [0.29, 0.717) is 25.2 Å². The number of rotatable bonds is 6. The van der Waals surface area contributed by atoms with Gasteiger partial charge in [0.25, 0.3) is 9.05 Å². The van der Waals surface area contributed by atoms with Crippen LogP contribution in [0.1, 0.15) is 12.8 Å². The molecule has 5 nitrogen and oxygen atoms in total. The highest BCUT2D eigenvalue weighted by atomic mass is 35.7. The van der Waals surface area contributed by atoms with Crippen molar-refractivity contribution in [2.24, 2.45) is 0 Å². The summed E-state index contributed by atoms with van der Waals surface area (Å²) in [5.41, 5.74) is 0. The summed E-state index contributed by atoms with van der Waals surface area (Å²) in [6, 6.07) is 3.96. The zero-order valence-electron chi connectivity index (χ0n) is 10.2. The topological polar surface area (TPSA) is 72.5 Å². The van der Waals surface area contributed by atoms with Crippen molar-refractivity contribution in [3.63, 3.8) is 0 Å². The molecular formula is C11H13Cl2NO4S. The van der Waals surface area contributed by atoms with E-state index >= 15 is 0 Å². The maximum Gasteiger partial charge on any atom is 0.261 e. The lowest BCUT2D eigenvalue weighted by atomic mass is 10.3. The SMILES string of the molecule is CNC(=O)CCCOc1ccc(S(=O)(=O)Cl)cc1Cl. The molecule has 1 aromatic carbocycles. The Balaban J connectivity index is 2.59. The van der Waals surface area contributed by atoms with Crippen LogP contribution < -0.4 is 10.1 Å². The largest absolute Gasteiger partial charge is 0.492 e. The molecule has 8 heteroatoms. The Bertz CT molecular complexity index is 560. The van der Waals surface area contributed by atoms with E-state index < -0.39 is 9.05 Å². The molecule has 0 aliphatic rings. The van der Waals surface area contributed by atoms with Gasteiger partial charge < -0.3 is 10.1 Å². The van der Waals surface area contributed by atoms with Crippen LogP contribution in [0.15, 0.2) is 23.1 Å². The highest BCUT2D eigenvalue weighted by Gasteiger charge is 2.12. The summed E-state index contributed by atoms with van der Waals surface area (Å²) >= 11 is 5.88. The molecule has 1 amide bonds. The predicted octanol–water partition coefficient (Wildman–Crippen LogP) is 2.17. The first-order valence-electron chi connectivity index (χ1n) is 5.42. The molecule has 0 spiro atoms. The Morgan fingerprint density at radius 2 is 2.11 bits per heavy atom. The minimum atomic E-state index is -3.80. The quantitative estimate of drug-likeness (QED) is 0.642. The van der Waals surface area contributed by atoms with E-state index in [1.807, 2.05) is 0 Å². The van der Waals surface area contributed by atoms with Crippen LogP contribution in [0, 0.1) is 0 Å². The molecule has 1 aromatic rings. The minimum absolute atomic E-state index is 0.0710. The summed E-state index contributed by atoms with van der Waals surface area (Å²) in [4.78, 5) is 10.9. The number of carbonyl (C=O) groups excluding carboxylic acids is 1. The summed E-state index contributed by atoms with van der Waals surface area (Å²) in [6.07, 6.45) is 0.883. The normalized spacial score (nSPS) is 11.1. The van der Waals surface area contributed by atoms with Crippen molar-refractivity contribution >= 4 is 37.2 Å². The van der Waals surface area contributed by atoms with Crippen LogP contribution in [0.3, 0.4) is 0 Å². The van der Waals surface area contributed by atoms with E-state index in [4.69, 9.17) is 27.0 Å². The lowest BCUT2D eigenvalue weighted by molar-refractivity contribution is -0.120. The van der Waals surface area contributed by atoms with Crippen molar-refractivity contribution in [1.82, 2.24) is 5.32 Å². The maximum absolute atomic E-state index is 11.1. The Morgan fingerprint density at radius 1 is 1.42 bits per heavy atom. The molecule has 0 aromatic heterocycles. The average Bonchev–Trinajstić information content (AvgIpc) is 2.34. The van der Waals surface area contributed by atoms with Crippen molar-refractivity contribution in [3.8, 4) is 5.75 Å². The first-order valence-corrected chi connectivity index (χ1v) is 8.11. The molecule has 1 N–H and O–H groups in total. The first-order chi connectivity index (χ1) is 8.84. The van der Waals surface area contributed by atoms with Gasteiger partial charge in [0.05, 0.1) is 16.5 Å². The van der Waals surface area contributed by atoms with Crippen LogP contribution in [0.2, 0.25) is 5.02 Å². The Kier molecular flexibility index (Phi) is 5.90. The Hall–Kier alpha value is -0.980. The smallest absolute Gasteiger partial charge is 0.261 e. The van der Waals surface area contributed by atoms with Crippen molar-refractivity contribution in [2.45, 2.75) is 17.7 Å². The van der Waals surface area contributed by atoms with Gasteiger partial charge in [-0.3, -0.25) is 4.79 Å². The second-order valence-electron chi connectivity index (χ2n) is 3.66. The second-order valence-corrected chi connectivity index (χ2v) is 6.63. The van der Waals surface area contributed by atoms with Crippen LogP contribution in [0.25, 0.3) is 0 Å². The van der Waals surface area contributed by atoms with Crippen molar-refractivity contribution in [3.05, 3.63) is 23.2 Å². The van der Waals surface area contributed by atoms with Gasteiger partial charge in [-0.25, -0.2) is 8.42 Å². The van der Waals surface area contributed by atoms with Crippen LogP contribution in [0.4, 0.5) is 0 Å². The summed E-state index contributed by atoms with van der Waals surface area (Å²) in [6.45, 7) is 0.306. The molecule has 0 heterocycles. The fourth-order valence-corrected chi connectivity index (χ4v) is 2.37. The van der Waals surface area contributed by atoms with Gasteiger partial charge in [-0.1, -0.05) is 11.6 Å². The third-order valence-corrected chi connectivity index (χ3v) is 3.92. The van der Waals surface area contributed by atoms with E-state index in [1.54, 1.807) is 7.05 Å². The van der Waals surface area contributed by atoms with E-state index in [0.717, 1.165) is 0 Å². The zero-order valence-corrected chi connectivity index (χ0v) is 12.5. The monoisotopic (exact) mass is 325 g/mol. The van der Waals surface area contributed by atoms with Crippen molar-refractivity contribution in [1.29, 1.82) is 0 Å². The lowest BCUT2D eigenvalue weighted by Gasteiger charge is -2.08. The molecule has 0 fully saturated rings. The second kappa shape index (κ2) is 6.98. The van der Waals surface area contributed by atoms with Gasteiger partial charge in [0, 0.05) is 24.2 Å². The van der Waals surface area contributed by atoms with Gasteiger partial charge in [0.2, 0.25) is 5.91 Å². The molecular weight excluding hydrogens is 313 g/mol. The van der Waals surface area contributed by atoms with E-state index in [-0.39, 0.29) is 15.8 Å². The molecule has 0 aliphatic heterocycles. The lowest BCUT2D eigenvalue weighted by Crippen LogP contribution is -2.18. The predicted molar refractivity (Wildman–Crippen MR) is 73.3 cm³/mol. The molecule has 0 bridgehead atoms.